The highest BCUT2D eigenvalue weighted by molar-refractivity contribution is 6.32. The fourth-order valence-electron chi connectivity index (χ4n) is 2.61. The van der Waals surface area contributed by atoms with Crippen molar-refractivity contribution >= 4 is 29.3 Å². The number of hydrogen-bond acceptors (Lipinski definition) is 4. The molecular formula is C18H15ClF2N2O4. The highest BCUT2D eigenvalue weighted by Gasteiger charge is 2.33. The molecule has 1 unspecified atom stereocenters. The van der Waals surface area contributed by atoms with Gasteiger partial charge >= 0.3 is 6.09 Å². The van der Waals surface area contributed by atoms with Gasteiger partial charge in [-0.15, -0.1) is 0 Å². The maximum absolute atomic E-state index is 13.2. The van der Waals surface area contributed by atoms with Crippen LogP contribution in [0.5, 0.6) is 5.75 Å². The summed E-state index contributed by atoms with van der Waals surface area (Å²) in [4.78, 5) is 25.5. The normalized spacial score (nSPS) is 16.2. The molecule has 1 fully saturated rings. The van der Waals surface area contributed by atoms with Crippen molar-refractivity contribution in [2.45, 2.75) is 6.10 Å². The molecule has 1 heterocycles. The first-order valence-corrected chi connectivity index (χ1v) is 8.31. The molecule has 1 aliphatic rings. The SMILES string of the molecule is COc1ccc(N2CC(CNC(=O)c3ccc(F)c(F)c3)OC2=O)cc1Cl. The molecule has 0 aromatic heterocycles. The van der Waals surface area contributed by atoms with E-state index in [0.717, 1.165) is 12.1 Å². The largest absolute Gasteiger partial charge is 0.495 e. The molecule has 2 aromatic rings. The van der Waals surface area contributed by atoms with Crippen LogP contribution in [0.1, 0.15) is 10.4 Å². The Bertz CT molecular complexity index is 894. The van der Waals surface area contributed by atoms with Crippen molar-refractivity contribution < 1.29 is 27.8 Å². The van der Waals surface area contributed by atoms with Gasteiger partial charge in [-0.2, -0.15) is 0 Å². The Morgan fingerprint density at radius 3 is 2.74 bits per heavy atom. The lowest BCUT2D eigenvalue weighted by atomic mass is 10.2. The average Bonchev–Trinajstić information content (AvgIpc) is 3.02. The lowest BCUT2D eigenvalue weighted by molar-refractivity contribution is 0.0915. The number of anilines is 1. The molecule has 2 aromatic carbocycles. The topological polar surface area (TPSA) is 67.9 Å². The van der Waals surface area contributed by atoms with E-state index < -0.39 is 29.7 Å². The average molecular weight is 397 g/mol. The first kappa shape index (κ1) is 18.9. The number of ether oxygens (including phenoxy) is 2. The first-order valence-electron chi connectivity index (χ1n) is 7.94. The molecule has 3 rings (SSSR count). The number of cyclic esters (lactones) is 1. The van der Waals surface area contributed by atoms with Gasteiger partial charge in [0.05, 0.1) is 25.2 Å². The van der Waals surface area contributed by atoms with Crippen molar-refractivity contribution in [3.8, 4) is 5.75 Å². The molecule has 27 heavy (non-hydrogen) atoms. The zero-order valence-corrected chi connectivity index (χ0v) is 14.9. The summed E-state index contributed by atoms with van der Waals surface area (Å²) in [6, 6.07) is 7.70. The molecule has 1 atom stereocenters. The Morgan fingerprint density at radius 2 is 2.07 bits per heavy atom. The van der Waals surface area contributed by atoms with Crippen LogP contribution in [-0.2, 0) is 4.74 Å². The number of methoxy groups -OCH3 is 1. The molecule has 2 amide bonds. The van der Waals surface area contributed by atoms with Crippen molar-refractivity contribution in [2.24, 2.45) is 0 Å². The van der Waals surface area contributed by atoms with Crippen molar-refractivity contribution in [3.05, 3.63) is 58.6 Å². The summed E-state index contributed by atoms with van der Waals surface area (Å²) in [6.45, 7) is 0.212. The Morgan fingerprint density at radius 1 is 1.30 bits per heavy atom. The van der Waals surface area contributed by atoms with Crippen molar-refractivity contribution in [1.82, 2.24) is 5.32 Å². The fraction of sp³-hybridized carbons (Fsp3) is 0.222. The maximum atomic E-state index is 13.2. The van der Waals surface area contributed by atoms with Gasteiger partial charge in [-0.1, -0.05) is 11.6 Å². The molecule has 0 radical (unpaired) electrons. The van der Waals surface area contributed by atoms with Crippen LogP contribution in [-0.4, -0.2) is 38.3 Å². The summed E-state index contributed by atoms with van der Waals surface area (Å²) in [5.41, 5.74) is 0.497. The molecule has 6 nitrogen and oxygen atoms in total. The standard InChI is InChI=1S/C18H15ClF2N2O4/c1-26-16-5-3-11(7-13(16)19)23-9-12(27-18(23)25)8-22-17(24)10-2-4-14(20)15(21)6-10/h2-7,12H,8-9H2,1H3,(H,22,24). The predicted molar refractivity (Wildman–Crippen MR) is 94.3 cm³/mol. The summed E-state index contributed by atoms with van der Waals surface area (Å²) < 4.78 is 36.4. The van der Waals surface area contributed by atoms with Gasteiger partial charge in [0.1, 0.15) is 11.9 Å². The fourth-order valence-corrected chi connectivity index (χ4v) is 2.86. The molecule has 1 saturated heterocycles. The number of carbonyl (C=O) groups is 2. The van der Waals surface area contributed by atoms with Crippen LogP contribution in [0.4, 0.5) is 19.3 Å². The first-order chi connectivity index (χ1) is 12.9. The number of rotatable bonds is 5. The van der Waals surface area contributed by atoms with E-state index in [-0.39, 0.29) is 18.7 Å². The van der Waals surface area contributed by atoms with Gasteiger partial charge in [-0.05, 0) is 36.4 Å². The highest BCUT2D eigenvalue weighted by Crippen LogP contribution is 2.31. The predicted octanol–water partition coefficient (Wildman–Crippen LogP) is 3.38. The van der Waals surface area contributed by atoms with Crippen molar-refractivity contribution in [3.63, 3.8) is 0 Å². The van der Waals surface area contributed by atoms with Crippen LogP contribution >= 0.6 is 11.6 Å². The van der Waals surface area contributed by atoms with E-state index in [9.17, 15) is 18.4 Å². The Kier molecular flexibility index (Phi) is 5.46. The van der Waals surface area contributed by atoms with Crippen LogP contribution in [0, 0.1) is 11.6 Å². The minimum Gasteiger partial charge on any atom is -0.495 e. The van der Waals surface area contributed by atoms with Gasteiger partial charge < -0.3 is 14.8 Å². The van der Waals surface area contributed by atoms with Gasteiger partial charge in [0, 0.05) is 11.3 Å². The molecule has 0 spiro atoms. The van der Waals surface area contributed by atoms with Crippen LogP contribution in [0.3, 0.4) is 0 Å². The number of carbonyl (C=O) groups excluding carboxylic acids is 2. The smallest absolute Gasteiger partial charge is 0.414 e. The molecule has 142 valence electrons. The number of halogens is 3. The van der Waals surface area contributed by atoms with E-state index in [1.165, 1.54) is 18.1 Å². The second-order valence-corrected chi connectivity index (χ2v) is 6.18. The summed E-state index contributed by atoms with van der Waals surface area (Å²) in [5.74, 6) is -2.28. The summed E-state index contributed by atoms with van der Waals surface area (Å²) in [7, 11) is 1.48. The van der Waals surface area contributed by atoms with Gasteiger partial charge in [-0.25, -0.2) is 13.6 Å². The minimum absolute atomic E-state index is 0.0178. The number of amides is 2. The van der Waals surface area contributed by atoms with Gasteiger partial charge in [0.2, 0.25) is 0 Å². The van der Waals surface area contributed by atoms with E-state index in [4.69, 9.17) is 21.1 Å². The summed E-state index contributed by atoms with van der Waals surface area (Å²) in [6.07, 6.45) is -1.18. The van der Waals surface area contributed by atoms with E-state index in [0.29, 0.717) is 16.5 Å². The maximum Gasteiger partial charge on any atom is 0.414 e. The Hall–Kier alpha value is -2.87. The zero-order chi connectivity index (χ0) is 19.6. The summed E-state index contributed by atoms with van der Waals surface area (Å²) >= 11 is 6.07. The lowest BCUT2D eigenvalue weighted by Gasteiger charge is -2.14. The second-order valence-electron chi connectivity index (χ2n) is 5.77. The van der Waals surface area contributed by atoms with Gasteiger partial charge in [0.15, 0.2) is 11.6 Å². The van der Waals surface area contributed by atoms with Crippen molar-refractivity contribution in [1.29, 1.82) is 0 Å². The molecule has 9 heteroatoms. The number of benzene rings is 2. The third-order valence-electron chi connectivity index (χ3n) is 3.99. The van der Waals surface area contributed by atoms with E-state index in [1.807, 2.05) is 0 Å². The lowest BCUT2D eigenvalue weighted by Crippen LogP contribution is -2.34. The monoisotopic (exact) mass is 396 g/mol. The Labute approximate surface area is 158 Å². The second kappa shape index (κ2) is 7.79. The number of nitrogens with zero attached hydrogens (tertiary/aromatic N) is 1. The highest BCUT2D eigenvalue weighted by atomic mass is 35.5. The molecular weight excluding hydrogens is 382 g/mol. The molecule has 0 aliphatic carbocycles. The van der Waals surface area contributed by atoms with Crippen LogP contribution < -0.4 is 15.0 Å². The van der Waals surface area contributed by atoms with E-state index >= 15 is 0 Å². The Balaban J connectivity index is 1.61. The van der Waals surface area contributed by atoms with Gasteiger partial charge in [0.25, 0.3) is 5.91 Å². The van der Waals surface area contributed by atoms with Gasteiger partial charge in [-0.3, -0.25) is 9.69 Å². The number of hydrogen-bond donors (Lipinski definition) is 1. The van der Waals surface area contributed by atoms with Crippen LogP contribution in [0.25, 0.3) is 0 Å². The van der Waals surface area contributed by atoms with Crippen LogP contribution in [0.15, 0.2) is 36.4 Å². The zero-order valence-electron chi connectivity index (χ0n) is 14.2. The molecule has 0 bridgehead atoms. The van der Waals surface area contributed by atoms with Crippen LogP contribution in [0.2, 0.25) is 5.02 Å². The van der Waals surface area contributed by atoms with Crippen molar-refractivity contribution in [2.75, 3.05) is 25.1 Å². The quantitative estimate of drug-likeness (QED) is 0.841. The third-order valence-corrected chi connectivity index (χ3v) is 4.29. The molecule has 1 aliphatic heterocycles. The third kappa shape index (κ3) is 4.11. The minimum atomic E-state index is -1.11. The molecule has 1 N–H and O–H groups in total. The number of nitrogens with one attached hydrogen (secondary N) is 1. The summed E-state index contributed by atoms with van der Waals surface area (Å²) in [5, 5.41) is 2.88. The van der Waals surface area contributed by atoms with E-state index in [1.54, 1.807) is 18.2 Å². The van der Waals surface area contributed by atoms with E-state index in [2.05, 4.69) is 5.32 Å². The molecule has 0 saturated carbocycles.